The van der Waals surface area contributed by atoms with Gasteiger partial charge >= 0.3 is 0 Å². The maximum atomic E-state index is 12.9. The van der Waals surface area contributed by atoms with E-state index >= 15 is 0 Å². The van der Waals surface area contributed by atoms with Crippen LogP contribution in [-0.2, 0) is 20.9 Å². The number of likely N-dealkylation sites (tertiary alicyclic amines) is 1. The first-order chi connectivity index (χ1) is 16.9. The van der Waals surface area contributed by atoms with Gasteiger partial charge in [-0.3, -0.25) is 24.1 Å². The molecule has 2 aromatic rings. The van der Waals surface area contributed by atoms with Crippen molar-refractivity contribution in [3.05, 3.63) is 46.8 Å². The zero-order chi connectivity index (χ0) is 24.7. The van der Waals surface area contributed by atoms with Gasteiger partial charge in [-0.15, -0.1) is 0 Å². The van der Waals surface area contributed by atoms with Gasteiger partial charge in [0.1, 0.15) is 12.3 Å². The minimum atomic E-state index is -0.398. The van der Waals surface area contributed by atoms with Crippen LogP contribution in [0.1, 0.15) is 32.6 Å². The Morgan fingerprint density at radius 2 is 1.71 bits per heavy atom. The van der Waals surface area contributed by atoms with Gasteiger partial charge in [-0.1, -0.05) is 6.92 Å². The summed E-state index contributed by atoms with van der Waals surface area (Å²) in [5, 5.41) is 7.36. The minimum Gasteiger partial charge on any atom is -0.497 e. The number of ether oxygens (including phenoxy) is 1. The first kappa shape index (κ1) is 23.3. The Kier molecular flexibility index (Phi) is 6.17. The van der Waals surface area contributed by atoms with Gasteiger partial charge in [0.2, 0.25) is 17.7 Å². The van der Waals surface area contributed by atoms with Gasteiger partial charge in [0.15, 0.2) is 0 Å². The first-order valence-corrected chi connectivity index (χ1v) is 12.3. The molecule has 1 N–H and O–H groups in total. The highest BCUT2D eigenvalue weighted by atomic mass is 16.5. The van der Waals surface area contributed by atoms with Crippen molar-refractivity contribution >= 4 is 17.7 Å². The summed E-state index contributed by atoms with van der Waals surface area (Å²) in [7, 11) is 1.59. The number of aromatic nitrogens is 2. The second-order valence-corrected chi connectivity index (χ2v) is 9.79. The third-order valence-electron chi connectivity index (χ3n) is 7.82. The predicted octanol–water partition coefficient (Wildman–Crippen LogP) is 1.84. The summed E-state index contributed by atoms with van der Waals surface area (Å²) >= 11 is 0. The lowest BCUT2D eigenvalue weighted by molar-refractivity contribution is -0.144. The van der Waals surface area contributed by atoms with Crippen LogP contribution in [0.15, 0.2) is 41.2 Å². The number of carbonyl (C=O) groups excluding carboxylic acids is 3. The Hall–Kier alpha value is -3.49. The van der Waals surface area contributed by atoms with Gasteiger partial charge in [-0.05, 0) is 67.9 Å². The number of nitrogens with zero attached hydrogens (tertiary/aromatic N) is 3. The summed E-state index contributed by atoms with van der Waals surface area (Å²) in [5.41, 5.74) is 1.19. The Bertz CT molecular complexity index is 1180. The molecule has 0 unspecified atom stereocenters. The number of rotatable bonds is 8. The molecule has 3 aliphatic rings. The highest BCUT2D eigenvalue weighted by molar-refractivity contribution is 6.08. The molecule has 35 heavy (non-hydrogen) atoms. The van der Waals surface area contributed by atoms with Crippen molar-refractivity contribution < 1.29 is 19.1 Å². The molecule has 5 atom stereocenters. The molecule has 5 rings (SSSR count). The number of hydrogen-bond donors (Lipinski definition) is 1. The normalized spacial score (nSPS) is 25.6. The number of fused-ring (bicyclic) bond motifs is 5. The van der Waals surface area contributed by atoms with E-state index in [2.05, 4.69) is 10.4 Å². The third-order valence-corrected chi connectivity index (χ3v) is 7.82. The number of nitrogens with one attached hydrogen (secondary N) is 1. The molecule has 2 bridgehead atoms. The van der Waals surface area contributed by atoms with Crippen molar-refractivity contribution in [2.24, 2.45) is 23.7 Å². The van der Waals surface area contributed by atoms with E-state index in [0.717, 1.165) is 35.5 Å². The topological polar surface area (TPSA) is 111 Å². The Morgan fingerprint density at radius 3 is 2.31 bits per heavy atom. The van der Waals surface area contributed by atoms with Crippen molar-refractivity contribution in [3.63, 3.8) is 0 Å². The average Bonchev–Trinajstić information content (AvgIpc) is 3.55. The van der Waals surface area contributed by atoms with Gasteiger partial charge in [0, 0.05) is 17.7 Å². The molecule has 1 aliphatic heterocycles. The van der Waals surface area contributed by atoms with Crippen LogP contribution in [0.4, 0.5) is 0 Å². The minimum absolute atomic E-state index is 0.183. The molecule has 0 spiro atoms. The van der Waals surface area contributed by atoms with Crippen molar-refractivity contribution in [2.75, 3.05) is 13.7 Å². The van der Waals surface area contributed by atoms with Crippen LogP contribution in [0, 0.1) is 23.7 Å². The summed E-state index contributed by atoms with van der Waals surface area (Å²) in [6.45, 7) is 1.81. The van der Waals surface area contributed by atoms with E-state index in [4.69, 9.17) is 4.74 Å². The van der Waals surface area contributed by atoms with Gasteiger partial charge < -0.3 is 10.1 Å². The van der Waals surface area contributed by atoms with Gasteiger partial charge in [0.25, 0.3) is 5.56 Å². The fourth-order valence-electron chi connectivity index (χ4n) is 6.02. The number of benzene rings is 1. The second-order valence-electron chi connectivity index (χ2n) is 9.79. The lowest BCUT2D eigenvalue weighted by Gasteiger charge is -2.21. The van der Waals surface area contributed by atoms with Gasteiger partial charge in [0.05, 0.1) is 31.2 Å². The van der Waals surface area contributed by atoms with E-state index in [1.807, 2.05) is 31.2 Å². The fraction of sp³-hybridized carbons (Fsp3) is 0.500. The fourth-order valence-corrected chi connectivity index (χ4v) is 6.02. The smallest absolute Gasteiger partial charge is 0.266 e. The van der Waals surface area contributed by atoms with E-state index in [1.165, 1.54) is 10.7 Å². The molecule has 2 heterocycles. The van der Waals surface area contributed by atoms with Crippen LogP contribution < -0.4 is 15.6 Å². The lowest BCUT2D eigenvalue weighted by atomic mass is 9.81. The molecule has 1 aromatic carbocycles. The molecule has 2 saturated carbocycles. The Balaban J connectivity index is 1.24. The van der Waals surface area contributed by atoms with Crippen LogP contribution in [-0.4, -0.2) is 52.1 Å². The molecule has 2 aliphatic carbocycles. The number of imide groups is 1. The van der Waals surface area contributed by atoms with E-state index < -0.39 is 5.91 Å². The highest BCUT2D eigenvalue weighted by Gasteiger charge is 2.60. The zero-order valence-electron chi connectivity index (χ0n) is 20.0. The first-order valence-electron chi connectivity index (χ1n) is 12.3. The number of hydrogen-bond acceptors (Lipinski definition) is 6. The zero-order valence-corrected chi connectivity index (χ0v) is 20.0. The van der Waals surface area contributed by atoms with Crippen molar-refractivity contribution in [3.8, 4) is 17.0 Å². The third kappa shape index (κ3) is 4.24. The standard InChI is InChI=1S/C26H30N4O5/c1-3-18(13-30-22(32)11-10-20(28-30)15-6-8-19(35-2)9-7-15)27-21(31)14-29-25(33)23-16-4-5-17(12-16)24(23)26(29)34/h6-11,16-18,23-24H,3-5,12-14H2,1-2H3,(H,27,31)/t16-,17-,18+,23+,24+/m0/s1. The molecule has 0 radical (unpaired) electrons. The van der Waals surface area contributed by atoms with Crippen LogP contribution in [0.3, 0.4) is 0 Å². The molecule has 1 saturated heterocycles. The summed E-state index contributed by atoms with van der Waals surface area (Å²) in [6.07, 6.45) is 3.52. The average molecular weight is 479 g/mol. The summed E-state index contributed by atoms with van der Waals surface area (Å²) in [4.78, 5) is 52.2. The molecule has 184 valence electrons. The SMILES string of the molecule is CC[C@H](Cn1nc(-c2ccc(OC)cc2)ccc1=O)NC(=O)CN1C(=O)[C@@H]2[C@H]3CC[C@@H](C3)[C@H]2C1=O. The van der Waals surface area contributed by atoms with E-state index in [9.17, 15) is 19.2 Å². The van der Waals surface area contributed by atoms with Crippen molar-refractivity contribution in [1.82, 2.24) is 20.0 Å². The maximum Gasteiger partial charge on any atom is 0.266 e. The molecule has 1 aromatic heterocycles. The maximum absolute atomic E-state index is 12.9. The second kappa shape index (κ2) is 9.28. The van der Waals surface area contributed by atoms with Crippen LogP contribution >= 0.6 is 0 Å². The number of amides is 3. The quantitative estimate of drug-likeness (QED) is 0.580. The molecule has 3 fully saturated rings. The Morgan fingerprint density at radius 1 is 1.06 bits per heavy atom. The number of methoxy groups -OCH3 is 1. The highest BCUT2D eigenvalue weighted by Crippen LogP contribution is 2.56. The molecule has 3 amide bonds. The van der Waals surface area contributed by atoms with Crippen molar-refractivity contribution in [2.45, 2.75) is 45.2 Å². The van der Waals surface area contributed by atoms with Gasteiger partial charge in [-0.2, -0.15) is 5.10 Å². The van der Waals surface area contributed by atoms with E-state index in [1.54, 1.807) is 13.2 Å². The lowest BCUT2D eigenvalue weighted by Crippen LogP contribution is -2.46. The van der Waals surface area contributed by atoms with Crippen molar-refractivity contribution in [1.29, 1.82) is 0 Å². The summed E-state index contributed by atoms with van der Waals surface area (Å²) < 4.78 is 6.52. The van der Waals surface area contributed by atoms with E-state index in [0.29, 0.717) is 12.1 Å². The molecular formula is C26H30N4O5. The summed E-state index contributed by atoms with van der Waals surface area (Å²) in [6, 6.07) is 10.1. The van der Waals surface area contributed by atoms with Crippen LogP contribution in [0.5, 0.6) is 5.75 Å². The number of carbonyl (C=O) groups is 3. The predicted molar refractivity (Wildman–Crippen MR) is 127 cm³/mol. The monoisotopic (exact) mass is 478 g/mol. The summed E-state index contributed by atoms with van der Waals surface area (Å²) in [5.74, 6) is 0.0370. The van der Waals surface area contributed by atoms with E-state index in [-0.39, 0.29) is 60.2 Å². The van der Waals surface area contributed by atoms with Crippen LogP contribution in [0.25, 0.3) is 11.3 Å². The molecular weight excluding hydrogens is 448 g/mol. The molecule has 9 heteroatoms. The van der Waals surface area contributed by atoms with Gasteiger partial charge in [-0.25, -0.2) is 4.68 Å². The Labute approximate surface area is 203 Å². The largest absolute Gasteiger partial charge is 0.497 e. The van der Waals surface area contributed by atoms with Crippen LogP contribution in [0.2, 0.25) is 0 Å². The molecule has 9 nitrogen and oxygen atoms in total.